The number of hydrogen-bond acceptors (Lipinski definition) is 1. The molecule has 3 heteroatoms. The number of hydrogen-bond donors (Lipinski definition) is 0. The van der Waals surface area contributed by atoms with Crippen LogP contribution < -0.4 is 4.74 Å². The van der Waals surface area contributed by atoms with Gasteiger partial charge in [-0.2, -0.15) is 0 Å². The molecule has 0 atom stereocenters. The van der Waals surface area contributed by atoms with Crippen LogP contribution in [0.1, 0.15) is 18.1 Å². The Kier molecular flexibility index (Phi) is 3.33. The maximum absolute atomic E-state index is 13.1. The lowest BCUT2D eigenvalue weighted by molar-refractivity contribution is 0.438. The van der Waals surface area contributed by atoms with Gasteiger partial charge < -0.3 is 4.74 Å². The third kappa shape index (κ3) is 2.35. The summed E-state index contributed by atoms with van der Waals surface area (Å²) in [5.74, 6) is 1.22. The monoisotopic (exact) mass is 286 g/mol. The summed E-state index contributed by atoms with van der Waals surface area (Å²) in [5.41, 5.74) is 2.89. The zero-order valence-corrected chi connectivity index (χ0v) is 11.6. The number of allylic oxidation sites excluding steroid dienone is 2. The van der Waals surface area contributed by atoms with Crippen molar-refractivity contribution in [1.82, 2.24) is 0 Å². The van der Waals surface area contributed by atoms with Crippen molar-refractivity contribution in [2.75, 3.05) is 0 Å². The van der Waals surface area contributed by atoms with E-state index in [1.807, 2.05) is 31.2 Å². The van der Waals surface area contributed by atoms with Crippen LogP contribution in [0.15, 0.2) is 60.4 Å². The molecule has 0 fully saturated rings. The minimum Gasteiger partial charge on any atom is -0.457 e. The van der Waals surface area contributed by atoms with Crippen molar-refractivity contribution >= 4 is 17.2 Å². The summed E-state index contributed by atoms with van der Waals surface area (Å²) in [7, 11) is 0. The van der Waals surface area contributed by atoms with E-state index < -0.39 is 0 Å². The summed E-state index contributed by atoms with van der Waals surface area (Å²) < 4.78 is 18.8. The normalized spacial score (nSPS) is 15.6. The number of rotatable bonds is 1. The summed E-state index contributed by atoms with van der Waals surface area (Å²) in [5, 5.41) is 0.625. The molecule has 0 saturated carbocycles. The lowest BCUT2D eigenvalue weighted by atomic mass is 9.95. The second-order valence-electron chi connectivity index (χ2n) is 4.50. The molecule has 1 aliphatic heterocycles. The predicted molar refractivity (Wildman–Crippen MR) is 79.3 cm³/mol. The lowest BCUT2D eigenvalue weighted by Crippen LogP contribution is -2.04. The van der Waals surface area contributed by atoms with E-state index in [1.165, 1.54) is 12.1 Å². The summed E-state index contributed by atoms with van der Waals surface area (Å²) in [4.78, 5) is 0. The Hall–Kier alpha value is -2.06. The number of benzene rings is 2. The molecule has 0 bridgehead atoms. The van der Waals surface area contributed by atoms with E-state index in [-0.39, 0.29) is 5.82 Å². The fourth-order valence-electron chi connectivity index (χ4n) is 2.19. The molecule has 0 aliphatic carbocycles. The van der Waals surface area contributed by atoms with Crippen molar-refractivity contribution in [3.05, 3.63) is 82.3 Å². The van der Waals surface area contributed by atoms with E-state index in [1.54, 1.807) is 18.2 Å². The highest BCUT2D eigenvalue weighted by molar-refractivity contribution is 6.30. The lowest BCUT2D eigenvalue weighted by Gasteiger charge is -2.20. The first kappa shape index (κ1) is 12.9. The van der Waals surface area contributed by atoms with Crippen LogP contribution in [0, 0.1) is 5.82 Å². The van der Waals surface area contributed by atoms with Gasteiger partial charge in [-0.3, -0.25) is 0 Å². The van der Waals surface area contributed by atoms with E-state index >= 15 is 0 Å². The van der Waals surface area contributed by atoms with E-state index in [4.69, 9.17) is 16.3 Å². The summed E-state index contributed by atoms with van der Waals surface area (Å²) in [6.07, 6.45) is 3.83. The average Bonchev–Trinajstić information content (AvgIpc) is 2.46. The third-order valence-corrected chi connectivity index (χ3v) is 3.42. The largest absolute Gasteiger partial charge is 0.457 e. The van der Waals surface area contributed by atoms with Gasteiger partial charge in [0.05, 0.1) is 0 Å². The van der Waals surface area contributed by atoms with Crippen molar-refractivity contribution < 1.29 is 9.13 Å². The van der Waals surface area contributed by atoms with E-state index in [9.17, 15) is 4.39 Å². The van der Waals surface area contributed by atoms with Crippen LogP contribution in [0.4, 0.5) is 4.39 Å². The van der Waals surface area contributed by atoms with Crippen molar-refractivity contribution in [3.63, 3.8) is 0 Å². The Balaban J connectivity index is 2.17. The zero-order valence-electron chi connectivity index (χ0n) is 10.9. The predicted octanol–water partition coefficient (Wildman–Crippen LogP) is 5.21. The van der Waals surface area contributed by atoms with Gasteiger partial charge in [-0.25, -0.2) is 4.39 Å². The minimum absolute atomic E-state index is 0.246. The minimum atomic E-state index is -0.246. The fourth-order valence-corrected chi connectivity index (χ4v) is 2.35. The molecule has 0 radical (unpaired) electrons. The highest BCUT2D eigenvalue weighted by Crippen LogP contribution is 2.38. The van der Waals surface area contributed by atoms with Crippen molar-refractivity contribution in [2.24, 2.45) is 0 Å². The van der Waals surface area contributed by atoms with Crippen LogP contribution in [0.25, 0.3) is 5.57 Å². The molecule has 2 aromatic carbocycles. The first-order valence-corrected chi connectivity index (χ1v) is 6.67. The van der Waals surface area contributed by atoms with Gasteiger partial charge in [0.15, 0.2) is 0 Å². The molecule has 100 valence electrons. The second-order valence-corrected chi connectivity index (χ2v) is 4.93. The molecule has 0 saturated heterocycles. The van der Waals surface area contributed by atoms with Gasteiger partial charge in [0.25, 0.3) is 0 Å². The Morgan fingerprint density at radius 1 is 1.10 bits per heavy atom. The van der Waals surface area contributed by atoms with Gasteiger partial charge in [-0.15, -0.1) is 0 Å². The van der Waals surface area contributed by atoms with E-state index in [2.05, 4.69) is 0 Å². The molecule has 0 aromatic heterocycles. The number of fused-ring (bicyclic) bond motifs is 1. The highest BCUT2D eigenvalue weighted by Gasteiger charge is 2.18. The van der Waals surface area contributed by atoms with Crippen LogP contribution in [0.5, 0.6) is 5.75 Å². The van der Waals surface area contributed by atoms with Gasteiger partial charge in [-0.1, -0.05) is 23.7 Å². The second kappa shape index (κ2) is 5.14. The molecule has 0 amide bonds. The van der Waals surface area contributed by atoms with Gasteiger partial charge in [0, 0.05) is 16.7 Å². The van der Waals surface area contributed by atoms with Crippen LogP contribution in [-0.4, -0.2) is 0 Å². The topological polar surface area (TPSA) is 9.23 Å². The standard InChI is InChI=1S/C17H12ClFO/c1-2-14-10-16(11-3-6-13(19)7-4-11)15-8-5-12(18)9-17(15)20-14/h2-10H,1H3/b14-2-. The first-order valence-electron chi connectivity index (χ1n) is 6.29. The Morgan fingerprint density at radius 2 is 1.85 bits per heavy atom. The highest BCUT2D eigenvalue weighted by atomic mass is 35.5. The molecule has 0 unspecified atom stereocenters. The maximum Gasteiger partial charge on any atom is 0.136 e. The van der Waals surface area contributed by atoms with E-state index in [0.29, 0.717) is 10.8 Å². The molecule has 20 heavy (non-hydrogen) atoms. The first-order chi connectivity index (χ1) is 9.67. The van der Waals surface area contributed by atoms with Gasteiger partial charge in [0.1, 0.15) is 17.3 Å². The van der Waals surface area contributed by atoms with Gasteiger partial charge in [0.2, 0.25) is 0 Å². The molecule has 1 aliphatic rings. The van der Waals surface area contributed by atoms with Crippen molar-refractivity contribution in [1.29, 1.82) is 0 Å². The van der Waals surface area contributed by atoms with Crippen molar-refractivity contribution in [2.45, 2.75) is 6.92 Å². The smallest absolute Gasteiger partial charge is 0.136 e. The Labute approximate surface area is 122 Å². The quantitative estimate of drug-likeness (QED) is 0.699. The van der Waals surface area contributed by atoms with Crippen LogP contribution in [0.3, 0.4) is 0 Å². The summed E-state index contributed by atoms with van der Waals surface area (Å²) in [6.45, 7) is 1.91. The molecule has 1 heterocycles. The Bertz CT molecular complexity index is 714. The van der Waals surface area contributed by atoms with Gasteiger partial charge >= 0.3 is 0 Å². The number of halogens is 2. The molecular formula is C17H12ClFO. The van der Waals surface area contributed by atoms with E-state index in [0.717, 1.165) is 22.5 Å². The molecule has 3 rings (SSSR count). The van der Waals surface area contributed by atoms with Crippen LogP contribution in [0.2, 0.25) is 5.02 Å². The maximum atomic E-state index is 13.1. The summed E-state index contributed by atoms with van der Waals surface area (Å²) in [6, 6.07) is 12.0. The average molecular weight is 287 g/mol. The van der Waals surface area contributed by atoms with Crippen LogP contribution in [-0.2, 0) is 0 Å². The molecule has 0 N–H and O–H groups in total. The van der Waals surface area contributed by atoms with Crippen molar-refractivity contribution in [3.8, 4) is 5.75 Å². The SMILES string of the molecule is C/C=C1/C=C(c2ccc(F)cc2)c2ccc(Cl)cc2O1. The molecule has 1 nitrogen and oxygen atoms in total. The zero-order chi connectivity index (χ0) is 14.1. The molecular weight excluding hydrogens is 275 g/mol. The fraction of sp³-hybridized carbons (Fsp3) is 0.0588. The number of ether oxygens (including phenoxy) is 1. The molecule has 0 spiro atoms. The third-order valence-electron chi connectivity index (χ3n) is 3.19. The molecule has 2 aromatic rings. The Morgan fingerprint density at radius 3 is 2.55 bits per heavy atom. The summed E-state index contributed by atoms with van der Waals surface area (Å²) >= 11 is 6.01. The van der Waals surface area contributed by atoms with Gasteiger partial charge in [-0.05, 0) is 54.5 Å². The van der Waals surface area contributed by atoms with Crippen LogP contribution >= 0.6 is 11.6 Å².